The number of ether oxygens (including phenoxy) is 1. The summed E-state index contributed by atoms with van der Waals surface area (Å²) in [5, 5.41) is 0. The van der Waals surface area contributed by atoms with Gasteiger partial charge in [0.15, 0.2) is 5.78 Å². The summed E-state index contributed by atoms with van der Waals surface area (Å²) < 4.78 is 42.2. The zero-order chi connectivity index (χ0) is 17.9. The van der Waals surface area contributed by atoms with Crippen LogP contribution in [0.3, 0.4) is 0 Å². The summed E-state index contributed by atoms with van der Waals surface area (Å²) in [7, 11) is 1.22. The molecule has 24 heavy (non-hydrogen) atoms. The van der Waals surface area contributed by atoms with E-state index in [9.17, 15) is 22.8 Å². The lowest BCUT2D eigenvalue weighted by atomic mass is 10.1. The van der Waals surface area contributed by atoms with E-state index in [2.05, 4.69) is 4.74 Å². The summed E-state index contributed by atoms with van der Waals surface area (Å²) in [6.45, 7) is 1.47. The first-order valence-corrected chi connectivity index (χ1v) is 7.62. The number of methoxy groups -OCH3 is 1. The molecule has 7 heteroatoms. The predicted octanol–water partition coefficient (Wildman–Crippen LogP) is 4.74. The molecule has 0 atom stereocenters. The maximum atomic E-state index is 12.6. The first kappa shape index (κ1) is 17.9. The Bertz CT molecular complexity index is 786. The molecule has 3 nitrogen and oxygen atoms in total. The monoisotopic (exact) mass is 354 g/mol. The van der Waals surface area contributed by atoms with Crippen LogP contribution in [0.15, 0.2) is 48.0 Å². The van der Waals surface area contributed by atoms with Crippen LogP contribution >= 0.6 is 11.3 Å². The number of rotatable bonds is 4. The first-order valence-electron chi connectivity index (χ1n) is 6.81. The van der Waals surface area contributed by atoms with Crippen molar-refractivity contribution >= 4 is 23.1 Å². The number of thiophene rings is 1. The summed E-state index contributed by atoms with van der Waals surface area (Å²) >= 11 is 1.14. The normalized spacial score (nSPS) is 12.1. The molecule has 0 spiro atoms. The van der Waals surface area contributed by atoms with Crippen molar-refractivity contribution in [1.29, 1.82) is 0 Å². The first-order chi connectivity index (χ1) is 11.2. The van der Waals surface area contributed by atoms with E-state index in [0.717, 1.165) is 23.5 Å². The highest BCUT2D eigenvalue weighted by atomic mass is 32.1. The van der Waals surface area contributed by atoms with Crippen LogP contribution < -0.4 is 0 Å². The third-order valence-corrected chi connectivity index (χ3v) is 4.35. The fraction of sp³-hybridized carbons (Fsp3) is 0.176. The van der Waals surface area contributed by atoms with Crippen molar-refractivity contribution in [2.24, 2.45) is 0 Å². The Morgan fingerprint density at radius 1 is 1.08 bits per heavy atom. The maximum absolute atomic E-state index is 12.6. The van der Waals surface area contributed by atoms with Crippen LogP contribution in [0.5, 0.6) is 0 Å². The van der Waals surface area contributed by atoms with Gasteiger partial charge in [-0.05, 0) is 42.8 Å². The molecule has 0 radical (unpaired) electrons. The van der Waals surface area contributed by atoms with Gasteiger partial charge >= 0.3 is 12.1 Å². The number of alkyl halides is 3. The van der Waals surface area contributed by atoms with Crippen LogP contribution in [-0.2, 0) is 15.7 Å². The minimum atomic E-state index is -4.38. The topological polar surface area (TPSA) is 43.4 Å². The Balaban J connectivity index is 2.22. The van der Waals surface area contributed by atoms with Crippen LogP contribution in [-0.4, -0.2) is 18.9 Å². The van der Waals surface area contributed by atoms with Gasteiger partial charge in [0, 0.05) is 10.5 Å². The van der Waals surface area contributed by atoms with Crippen molar-refractivity contribution < 1.29 is 27.5 Å². The molecule has 0 fully saturated rings. The number of carbonyl (C=O) groups is 2. The van der Waals surface area contributed by atoms with E-state index >= 15 is 0 Å². The molecule has 0 unspecified atom stereocenters. The van der Waals surface area contributed by atoms with E-state index < -0.39 is 17.7 Å². The zero-order valence-corrected chi connectivity index (χ0v) is 13.6. The molecule has 1 aromatic heterocycles. The van der Waals surface area contributed by atoms with Gasteiger partial charge in [-0.3, -0.25) is 4.79 Å². The number of hydrogen-bond donors (Lipinski definition) is 0. The molecule has 0 N–H and O–H groups in total. The number of hydrogen-bond acceptors (Lipinski definition) is 4. The number of allylic oxidation sites excluding steroid dienone is 1. The van der Waals surface area contributed by atoms with Gasteiger partial charge < -0.3 is 4.74 Å². The van der Waals surface area contributed by atoms with Crippen molar-refractivity contribution in [3.8, 4) is 10.4 Å². The van der Waals surface area contributed by atoms with Gasteiger partial charge in [-0.15, -0.1) is 11.3 Å². The molecular weight excluding hydrogens is 341 g/mol. The standard InChI is InChI=1S/C17H13F3O3S/c1-10(16(22)23-2)9-13(21)15-8-7-14(24-15)11-3-5-12(6-4-11)17(18,19)20/h3-9H,1-2H3. The highest BCUT2D eigenvalue weighted by molar-refractivity contribution is 7.17. The molecule has 0 aliphatic heterocycles. The Hall–Kier alpha value is -2.41. The van der Waals surface area contributed by atoms with Crippen LogP contribution in [0, 0.1) is 0 Å². The third-order valence-electron chi connectivity index (χ3n) is 3.20. The molecule has 0 aliphatic rings. The average molecular weight is 354 g/mol. The molecule has 0 aliphatic carbocycles. The lowest BCUT2D eigenvalue weighted by Crippen LogP contribution is -2.04. The lowest BCUT2D eigenvalue weighted by molar-refractivity contribution is -0.137. The minimum Gasteiger partial charge on any atom is -0.466 e. The Morgan fingerprint density at radius 2 is 1.71 bits per heavy atom. The van der Waals surface area contributed by atoms with Crippen molar-refractivity contribution in [1.82, 2.24) is 0 Å². The second-order valence-corrected chi connectivity index (χ2v) is 6.01. The average Bonchev–Trinajstić information content (AvgIpc) is 3.03. The van der Waals surface area contributed by atoms with Gasteiger partial charge in [0.25, 0.3) is 0 Å². The molecule has 2 aromatic rings. The quantitative estimate of drug-likeness (QED) is 0.453. The van der Waals surface area contributed by atoms with Crippen LogP contribution in [0.1, 0.15) is 22.2 Å². The van der Waals surface area contributed by atoms with E-state index in [-0.39, 0.29) is 11.4 Å². The van der Waals surface area contributed by atoms with Gasteiger partial charge in [0.2, 0.25) is 0 Å². The molecule has 0 amide bonds. The fourth-order valence-corrected chi connectivity index (χ4v) is 2.86. The van der Waals surface area contributed by atoms with Crippen LogP contribution in [0.4, 0.5) is 13.2 Å². The van der Waals surface area contributed by atoms with Gasteiger partial charge in [-0.1, -0.05) is 12.1 Å². The van der Waals surface area contributed by atoms with Crippen molar-refractivity contribution in [2.45, 2.75) is 13.1 Å². The van der Waals surface area contributed by atoms with E-state index in [1.165, 1.54) is 32.2 Å². The lowest BCUT2D eigenvalue weighted by Gasteiger charge is -2.06. The summed E-state index contributed by atoms with van der Waals surface area (Å²) in [5.41, 5.74) is 0.0310. The number of ketones is 1. The summed E-state index contributed by atoms with van der Waals surface area (Å²) in [6, 6.07) is 7.94. The van der Waals surface area contributed by atoms with E-state index in [1.807, 2.05) is 0 Å². The summed E-state index contributed by atoms with van der Waals surface area (Å²) in [6.07, 6.45) is -3.21. The maximum Gasteiger partial charge on any atom is 0.416 e. The smallest absolute Gasteiger partial charge is 0.416 e. The molecule has 1 aromatic carbocycles. The highest BCUT2D eigenvalue weighted by Crippen LogP contribution is 2.33. The number of halogens is 3. The van der Waals surface area contributed by atoms with Gasteiger partial charge in [0.05, 0.1) is 17.6 Å². The molecule has 0 bridgehead atoms. The fourth-order valence-electron chi connectivity index (χ4n) is 1.94. The second-order valence-electron chi connectivity index (χ2n) is 4.92. The van der Waals surface area contributed by atoms with Gasteiger partial charge in [-0.2, -0.15) is 13.2 Å². The van der Waals surface area contributed by atoms with E-state index in [0.29, 0.717) is 15.3 Å². The Labute approximate surface area is 140 Å². The molecule has 2 rings (SSSR count). The number of esters is 1. The van der Waals surface area contributed by atoms with Crippen LogP contribution in [0.2, 0.25) is 0 Å². The minimum absolute atomic E-state index is 0.173. The highest BCUT2D eigenvalue weighted by Gasteiger charge is 2.30. The molecular formula is C17H13F3O3S. The van der Waals surface area contributed by atoms with E-state index in [1.54, 1.807) is 12.1 Å². The molecule has 126 valence electrons. The number of carbonyl (C=O) groups excluding carboxylic acids is 2. The summed E-state index contributed by atoms with van der Waals surface area (Å²) in [4.78, 5) is 24.4. The van der Waals surface area contributed by atoms with Crippen molar-refractivity contribution in [3.05, 3.63) is 58.5 Å². The third kappa shape index (κ3) is 4.11. The molecule has 0 saturated heterocycles. The number of benzene rings is 1. The molecule has 0 saturated carbocycles. The van der Waals surface area contributed by atoms with Gasteiger partial charge in [0.1, 0.15) is 0 Å². The molecule has 1 heterocycles. The van der Waals surface area contributed by atoms with Crippen LogP contribution in [0.25, 0.3) is 10.4 Å². The zero-order valence-electron chi connectivity index (χ0n) is 12.8. The van der Waals surface area contributed by atoms with E-state index in [4.69, 9.17) is 0 Å². The van der Waals surface area contributed by atoms with Crippen molar-refractivity contribution in [2.75, 3.05) is 7.11 Å². The summed E-state index contributed by atoms with van der Waals surface area (Å²) in [5.74, 6) is -0.955. The van der Waals surface area contributed by atoms with Gasteiger partial charge in [-0.25, -0.2) is 4.79 Å². The Kier molecular flexibility index (Phi) is 5.23. The largest absolute Gasteiger partial charge is 0.466 e. The second kappa shape index (κ2) is 7.00. The Morgan fingerprint density at radius 3 is 2.25 bits per heavy atom. The van der Waals surface area contributed by atoms with Crippen molar-refractivity contribution in [3.63, 3.8) is 0 Å². The SMILES string of the molecule is COC(=O)C(C)=CC(=O)c1ccc(-c2ccc(C(F)(F)F)cc2)s1. The predicted molar refractivity (Wildman–Crippen MR) is 84.9 cm³/mol.